The second kappa shape index (κ2) is 10.8. The lowest BCUT2D eigenvalue weighted by molar-refractivity contribution is 0.145. The van der Waals surface area contributed by atoms with Gasteiger partial charge in [0.05, 0.1) is 23.7 Å². The predicted octanol–water partition coefficient (Wildman–Crippen LogP) is 4.41. The van der Waals surface area contributed by atoms with E-state index in [9.17, 15) is 5.26 Å². The van der Waals surface area contributed by atoms with Gasteiger partial charge in [-0.05, 0) is 47.6 Å². The molecule has 10 heteroatoms. The summed E-state index contributed by atoms with van der Waals surface area (Å²) in [6.07, 6.45) is 2.41. The number of pyridine rings is 1. The maximum Gasteiger partial charge on any atom is 0.231 e. The molecule has 188 valence electrons. The van der Waals surface area contributed by atoms with E-state index in [0.29, 0.717) is 56.5 Å². The molecule has 0 spiro atoms. The van der Waals surface area contributed by atoms with Crippen molar-refractivity contribution in [2.24, 2.45) is 0 Å². The van der Waals surface area contributed by atoms with Crippen molar-refractivity contribution < 1.29 is 23.7 Å². The van der Waals surface area contributed by atoms with Gasteiger partial charge < -0.3 is 33.5 Å². The average molecular weight is 555 g/mol. The third-order valence-electron chi connectivity index (χ3n) is 6.35. The predicted molar refractivity (Wildman–Crippen MR) is 137 cm³/mol. The average Bonchev–Trinajstić information content (AvgIpc) is 3.38. The molecule has 3 heterocycles. The summed E-state index contributed by atoms with van der Waals surface area (Å²) in [6, 6.07) is 9.39. The van der Waals surface area contributed by atoms with Crippen LogP contribution in [-0.4, -0.2) is 75.1 Å². The summed E-state index contributed by atoms with van der Waals surface area (Å²) in [5.41, 5.74) is 0.911. The van der Waals surface area contributed by atoms with Crippen molar-refractivity contribution >= 4 is 26.8 Å². The number of fused-ring (bicyclic) bond motifs is 2. The van der Waals surface area contributed by atoms with Crippen LogP contribution in [0.2, 0.25) is 0 Å². The van der Waals surface area contributed by atoms with Crippen molar-refractivity contribution in [1.82, 2.24) is 14.8 Å². The van der Waals surface area contributed by atoms with Crippen molar-refractivity contribution in [3.8, 4) is 40.6 Å². The molecular formula is C26H27BrN4O5. The van der Waals surface area contributed by atoms with Crippen molar-refractivity contribution in [2.45, 2.75) is 6.42 Å². The number of ether oxygens (including phenoxy) is 5. The topological polar surface area (TPSA) is 89.3 Å². The lowest BCUT2D eigenvalue weighted by atomic mass is 10.1. The molecule has 2 aliphatic heterocycles. The number of nitrogens with zero attached hydrogens (tertiary/aromatic N) is 4. The van der Waals surface area contributed by atoms with Crippen molar-refractivity contribution in [3.05, 3.63) is 40.5 Å². The lowest BCUT2D eigenvalue weighted by Gasteiger charge is -2.32. The van der Waals surface area contributed by atoms with E-state index in [1.165, 1.54) is 6.20 Å². The largest absolute Gasteiger partial charge is 0.493 e. The van der Waals surface area contributed by atoms with Crippen LogP contribution in [0.1, 0.15) is 12.0 Å². The fourth-order valence-electron chi connectivity index (χ4n) is 4.30. The first-order valence-corrected chi connectivity index (χ1v) is 12.6. The molecule has 0 N–H and O–H groups in total. The number of likely N-dealkylation sites (N-methyl/N-ethyl adjacent to an activating group) is 1. The number of hydrogen-bond acceptors (Lipinski definition) is 9. The van der Waals surface area contributed by atoms with Crippen LogP contribution in [0.25, 0.3) is 10.9 Å². The fraction of sp³-hybridized carbons (Fsp3) is 0.385. The Kier molecular flexibility index (Phi) is 7.32. The molecule has 1 fully saturated rings. The van der Waals surface area contributed by atoms with Gasteiger partial charge in [-0.2, -0.15) is 5.26 Å². The minimum absolute atomic E-state index is 0.105. The Morgan fingerprint density at radius 3 is 2.72 bits per heavy atom. The molecule has 1 aromatic heterocycles. The Morgan fingerprint density at radius 1 is 1.11 bits per heavy atom. The van der Waals surface area contributed by atoms with Crippen LogP contribution in [-0.2, 0) is 0 Å². The van der Waals surface area contributed by atoms with E-state index < -0.39 is 0 Å². The standard InChI is InChI=1S/C26H27BrN4O5/c1-30-7-9-31(10-8-30)6-3-11-33-23-13-20-18(12-22(23)32-2)24(17(14-28)15-29-20)36-25-19(27)4-5-21-26(25)35-16-34-21/h4-5,12-13,15H,3,6-11,16H2,1-2H3. The second-order valence-corrected chi connectivity index (χ2v) is 9.55. The van der Waals surface area contributed by atoms with Crippen molar-refractivity contribution in [1.29, 1.82) is 5.26 Å². The normalized spacial score (nSPS) is 15.6. The highest BCUT2D eigenvalue weighted by atomic mass is 79.9. The van der Waals surface area contributed by atoms with E-state index in [1.54, 1.807) is 19.2 Å². The van der Waals surface area contributed by atoms with Gasteiger partial charge in [0.15, 0.2) is 28.7 Å². The lowest BCUT2D eigenvalue weighted by Crippen LogP contribution is -2.44. The van der Waals surface area contributed by atoms with E-state index in [4.69, 9.17) is 23.7 Å². The molecule has 9 nitrogen and oxygen atoms in total. The maximum absolute atomic E-state index is 9.76. The fourth-order valence-corrected chi connectivity index (χ4v) is 4.69. The van der Waals surface area contributed by atoms with Crippen LogP contribution in [0.3, 0.4) is 0 Å². The zero-order chi connectivity index (χ0) is 25.1. The van der Waals surface area contributed by atoms with Crippen LogP contribution in [0, 0.1) is 11.3 Å². The zero-order valence-electron chi connectivity index (χ0n) is 20.3. The highest BCUT2D eigenvalue weighted by Crippen LogP contribution is 2.49. The monoisotopic (exact) mass is 554 g/mol. The molecule has 0 radical (unpaired) electrons. The third-order valence-corrected chi connectivity index (χ3v) is 6.97. The number of benzene rings is 2. The Labute approximate surface area is 218 Å². The number of piperazine rings is 1. The Hall–Kier alpha value is -3.26. The molecule has 3 aromatic rings. The molecule has 36 heavy (non-hydrogen) atoms. The zero-order valence-corrected chi connectivity index (χ0v) is 21.8. The quantitative estimate of drug-likeness (QED) is 0.375. The second-order valence-electron chi connectivity index (χ2n) is 8.69. The minimum atomic E-state index is 0.105. The number of hydrogen-bond donors (Lipinski definition) is 0. The molecule has 0 saturated carbocycles. The molecule has 0 bridgehead atoms. The van der Waals surface area contributed by atoms with Crippen LogP contribution in [0.5, 0.6) is 34.5 Å². The molecule has 5 rings (SSSR count). The van der Waals surface area contributed by atoms with E-state index in [1.807, 2.05) is 12.1 Å². The van der Waals surface area contributed by atoms with Gasteiger partial charge in [0.1, 0.15) is 11.6 Å². The SMILES string of the molecule is COc1cc2c(Oc3c(Br)ccc4c3OCO4)c(C#N)cnc2cc1OCCCN1CCN(C)CC1. The van der Waals surface area contributed by atoms with E-state index in [-0.39, 0.29) is 12.4 Å². The summed E-state index contributed by atoms with van der Waals surface area (Å²) < 4.78 is 29.8. The smallest absolute Gasteiger partial charge is 0.231 e. The summed E-state index contributed by atoms with van der Waals surface area (Å²) in [7, 11) is 3.75. The summed E-state index contributed by atoms with van der Waals surface area (Å²) >= 11 is 3.51. The Morgan fingerprint density at radius 2 is 1.94 bits per heavy atom. The van der Waals surface area contributed by atoms with E-state index >= 15 is 0 Å². The summed E-state index contributed by atoms with van der Waals surface area (Å²) in [6.45, 7) is 6.03. The first-order chi connectivity index (χ1) is 17.6. The molecule has 2 aromatic carbocycles. The van der Waals surface area contributed by atoms with Crippen molar-refractivity contribution in [3.63, 3.8) is 0 Å². The van der Waals surface area contributed by atoms with Gasteiger partial charge in [0, 0.05) is 50.4 Å². The van der Waals surface area contributed by atoms with Gasteiger partial charge >= 0.3 is 0 Å². The first-order valence-electron chi connectivity index (χ1n) is 11.8. The molecule has 2 aliphatic rings. The van der Waals surface area contributed by atoms with Gasteiger partial charge in [-0.25, -0.2) is 0 Å². The van der Waals surface area contributed by atoms with Gasteiger partial charge in [-0.15, -0.1) is 0 Å². The van der Waals surface area contributed by atoms with Crippen LogP contribution in [0.15, 0.2) is 34.9 Å². The maximum atomic E-state index is 9.76. The minimum Gasteiger partial charge on any atom is -0.493 e. The van der Waals surface area contributed by atoms with Crippen molar-refractivity contribution in [2.75, 3.05) is 60.3 Å². The molecular weight excluding hydrogens is 528 g/mol. The number of nitriles is 1. The van der Waals surface area contributed by atoms with Gasteiger partial charge in [0.2, 0.25) is 12.5 Å². The van der Waals surface area contributed by atoms with Crippen LogP contribution < -0.4 is 23.7 Å². The highest BCUT2D eigenvalue weighted by Gasteiger charge is 2.24. The first kappa shape index (κ1) is 24.4. The Bertz CT molecular complexity index is 1300. The number of halogens is 1. The number of aromatic nitrogens is 1. The summed E-state index contributed by atoms with van der Waals surface area (Å²) in [5, 5.41) is 10.4. The van der Waals surface area contributed by atoms with Gasteiger partial charge in [-0.3, -0.25) is 4.98 Å². The van der Waals surface area contributed by atoms with Gasteiger partial charge in [-0.1, -0.05) is 0 Å². The van der Waals surface area contributed by atoms with E-state index in [0.717, 1.165) is 39.1 Å². The van der Waals surface area contributed by atoms with Crippen LogP contribution in [0.4, 0.5) is 0 Å². The molecule has 0 aliphatic carbocycles. The molecule has 0 atom stereocenters. The molecule has 0 amide bonds. The molecule has 1 saturated heterocycles. The molecule has 0 unspecified atom stereocenters. The summed E-state index contributed by atoms with van der Waals surface area (Å²) in [4.78, 5) is 9.28. The highest BCUT2D eigenvalue weighted by molar-refractivity contribution is 9.10. The number of methoxy groups -OCH3 is 1. The number of rotatable bonds is 8. The van der Waals surface area contributed by atoms with Crippen LogP contribution >= 0.6 is 15.9 Å². The van der Waals surface area contributed by atoms with Gasteiger partial charge in [0.25, 0.3) is 0 Å². The Balaban J connectivity index is 1.39. The van der Waals surface area contributed by atoms with E-state index in [2.05, 4.69) is 43.8 Å². The third kappa shape index (κ3) is 5.00. The summed E-state index contributed by atoms with van der Waals surface area (Å²) in [5.74, 6) is 2.98.